The molecule has 1 atom stereocenters. The molecule has 2 amide bonds. The van der Waals surface area contributed by atoms with Crippen LogP contribution in [0.15, 0.2) is 89.8 Å². The maximum atomic E-state index is 14.0. The first-order chi connectivity index (χ1) is 21.2. The van der Waals surface area contributed by atoms with E-state index >= 15 is 0 Å². The van der Waals surface area contributed by atoms with Crippen LogP contribution in [0.4, 0.5) is 5.69 Å². The molecule has 1 aliphatic heterocycles. The Morgan fingerprint density at radius 3 is 2.36 bits per heavy atom. The van der Waals surface area contributed by atoms with Crippen LogP contribution in [0.5, 0.6) is 0 Å². The molecule has 0 fully saturated rings. The first-order valence-electron chi connectivity index (χ1n) is 14.8. The highest BCUT2D eigenvalue weighted by Crippen LogP contribution is 2.42. The Labute approximate surface area is 268 Å². The highest BCUT2D eigenvalue weighted by atomic mass is 35.5. The van der Waals surface area contributed by atoms with E-state index in [1.807, 2.05) is 55.5 Å². The molecule has 0 saturated heterocycles. The maximum absolute atomic E-state index is 14.0. The van der Waals surface area contributed by atoms with Crippen molar-refractivity contribution < 1.29 is 18.0 Å². The number of sulfonamides is 1. The summed E-state index contributed by atoms with van der Waals surface area (Å²) in [5, 5.41) is 5.32. The van der Waals surface area contributed by atoms with Crippen molar-refractivity contribution in [2.45, 2.75) is 56.5 Å². The number of unbranched alkanes of at least 4 members (excludes halogenated alkanes) is 1. The van der Waals surface area contributed by atoms with Gasteiger partial charge in [-0.25, -0.2) is 8.42 Å². The zero-order chi connectivity index (χ0) is 31.3. The van der Waals surface area contributed by atoms with Crippen LogP contribution in [0, 0.1) is 0 Å². The summed E-state index contributed by atoms with van der Waals surface area (Å²) < 4.78 is 28.3. The lowest BCUT2D eigenvalue weighted by atomic mass is 10.0. The third-order valence-corrected chi connectivity index (χ3v) is 10.5. The second-order valence-electron chi connectivity index (χ2n) is 10.9. The van der Waals surface area contributed by atoms with Crippen molar-refractivity contribution >= 4 is 61.5 Å². The van der Waals surface area contributed by atoms with Crippen molar-refractivity contribution in [2.75, 3.05) is 17.4 Å². The van der Waals surface area contributed by atoms with E-state index in [0.29, 0.717) is 34.1 Å². The third kappa shape index (κ3) is 6.88. The summed E-state index contributed by atoms with van der Waals surface area (Å²) in [5.41, 5.74) is 2.27. The van der Waals surface area contributed by atoms with Gasteiger partial charge in [-0.05, 0) is 53.6 Å². The molecular formula is C34H35Cl2N3O4S. The number of carbonyl (C=O) groups excluding carboxylic acids is 2. The lowest BCUT2D eigenvalue weighted by Crippen LogP contribution is -2.50. The lowest BCUT2D eigenvalue weighted by Gasteiger charge is -2.32. The zero-order valence-corrected chi connectivity index (χ0v) is 26.8. The average molecular weight is 653 g/mol. The van der Waals surface area contributed by atoms with Crippen LogP contribution in [-0.2, 0) is 32.6 Å². The molecule has 0 unspecified atom stereocenters. The zero-order valence-electron chi connectivity index (χ0n) is 24.5. The summed E-state index contributed by atoms with van der Waals surface area (Å²) in [4.78, 5) is 29.5. The number of rotatable bonds is 13. The minimum atomic E-state index is -3.74. The van der Waals surface area contributed by atoms with E-state index < -0.39 is 16.1 Å². The summed E-state index contributed by atoms with van der Waals surface area (Å²) >= 11 is 12.5. The van der Waals surface area contributed by atoms with Crippen molar-refractivity contribution in [2.24, 2.45) is 0 Å². The van der Waals surface area contributed by atoms with Gasteiger partial charge in [-0.2, -0.15) is 0 Å². The van der Waals surface area contributed by atoms with Gasteiger partial charge >= 0.3 is 0 Å². The van der Waals surface area contributed by atoms with Gasteiger partial charge in [-0.3, -0.25) is 13.9 Å². The Kier molecular flexibility index (Phi) is 10.1. The third-order valence-electron chi connectivity index (χ3n) is 7.87. The molecule has 44 heavy (non-hydrogen) atoms. The molecule has 0 bridgehead atoms. The Morgan fingerprint density at radius 2 is 1.64 bits per heavy atom. The molecule has 10 heteroatoms. The maximum Gasteiger partial charge on any atom is 0.265 e. The second kappa shape index (κ2) is 14.0. The summed E-state index contributed by atoms with van der Waals surface area (Å²) in [6, 6.07) is 24.7. The number of anilines is 1. The van der Waals surface area contributed by atoms with E-state index in [-0.39, 0.29) is 42.6 Å². The molecule has 0 aliphatic carbocycles. The monoisotopic (exact) mass is 651 g/mol. The van der Waals surface area contributed by atoms with Gasteiger partial charge in [-0.15, -0.1) is 0 Å². The number of benzene rings is 4. The molecular weight excluding hydrogens is 617 g/mol. The van der Waals surface area contributed by atoms with Gasteiger partial charge in [0.15, 0.2) is 0 Å². The molecule has 4 aromatic rings. The van der Waals surface area contributed by atoms with Crippen molar-refractivity contribution in [3.63, 3.8) is 0 Å². The Morgan fingerprint density at radius 1 is 0.886 bits per heavy atom. The van der Waals surface area contributed by atoms with E-state index in [0.717, 1.165) is 29.4 Å². The van der Waals surface area contributed by atoms with Crippen LogP contribution in [-0.4, -0.2) is 44.3 Å². The van der Waals surface area contributed by atoms with Crippen LogP contribution >= 0.6 is 23.2 Å². The fraction of sp³-hybridized carbons (Fsp3) is 0.294. The lowest BCUT2D eigenvalue weighted by molar-refractivity contribution is -0.141. The van der Waals surface area contributed by atoms with Gasteiger partial charge in [0.25, 0.3) is 10.0 Å². The normalized spacial score (nSPS) is 14.0. The van der Waals surface area contributed by atoms with Crippen LogP contribution in [0.25, 0.3) is 10.8 Å². The Balaban J connectivity index is 1.40. The number of halogens is 2. The van der Waals surface area contributed by atoms with E-state index in [2.05, 4.69) is 5.32 Å². The van der Waals surface area contributed by atoms with Crippen LogP contribution in [0.2, 0.25) is 10.0 Å². The van der Waals surface area contributed by atoms with E-state index in [1.54, 1.807) is 41.3 Å². The van der Waals surface area contributed by atoms with Crippen molar-refractivity contribution in [3.8, 4) is 0 Å². The smallest absolute Gasteiger partial charge is 0.265 e. The van der Waals surface area contributed by atoms with Crippen molar-refractivity contribution in [3.05, 3.63) is 106 Å². The Hall–Kier alpha value is -3.59. The molecule has 4 aromatic carbocycles. The van der Waals surface area contributed by atoms with Gasteiger partial charge in [0, 0.05) is 37.9 Å². The molecule has 0 saturated carbocycles. The average Bonchev–Trinajstić information content (AvgIpc) is 3.24. The first kappa shape index (κ1) is 31.8. The minimum absolute atomic E-state index is 0.0488. The molecule has 1 heterocycles. The number of carbonyl (C=O) groups is 2. The number of nitrogens with zero attached hydrogens (tertiary/aromatic N) is 2. The molecule has 1 aliphatic rings. The van der Waals surface area contributed by atoms with Gasteiger partial charge in [0.1, 0.15) is 6.04 Å². The standard InChI is InChI=1S/C34H35Cl2N3O4S/c1-2-3-19-37-34(41)30(22-24-10-5-4-6-11-24)38(23-25-17-18-27(35)28(36)21-25)32(40)16-9-20-39-29-14-7-12-26-13-8-15-31(33(26)29)44(39,42)43/h4-8,10-15,17-18,21,30H,2-3,9,16,19-20,22-23H2,1H3,(H,37,41)/t30-/m1/s1. The van der Waals surface area contributed by atoms with E-state index in [9.17, 15) is 18.0 Å². The van der Waals surface area contributed by atoms with Gasteiger partial charge in [0.05, 0.1) is 20.6 Å². The topological polar surface area (TPSA) is 86.8 Å². The quantitative estimate of drug-likeness (QED) is 0.158. The van der Waals surface area contributed by atoms with E-state index in [1.165, 1.54) is 4.31 Å². The summed E-state index contributed by atoms with van der Waals surface area (Å²) in [6.45, 7) is 2.83. The van der Waals surface area contributed by atoms with Crippen molar-refractivity contribution in [1.29, 1.82) is 0 Å². The SMILES string of the molecule is CCCCNC(=O)[C@@H](Cc1ccccc1)N(Cc1ccc(Cl)c(Cl)c1)C(=O)CCCN1c2cccc3cccc(c23)S1(=O)=O. The molecule has 7 nitrogen and oxygen atoms in total. The predicted octanol–water partition coefficient (Wildman–Crippen LogP) is 6.99. The van der Waals surface area contributed by atoms with Crippen LogP contribution < -0.4 is 9.62 Å². The summed E-state index contributed by atoms with van der Waals surface area (Å²) in [6.07, 6.45) is 2.39. The fourth-order valence-electron chi connectivity index (χ4n) is 5.61. The largest absolute Gasteiger partial charge is 0.354 e. The first-order valence-corrected chi connectivity index (χ1v) is 17.0. The van der Waals surface area contributed by atoms with Crippen LogP contribution in [0.1, 0.15) is 43.7 Å². The summed E-state index contributed by atoms with van der Waals surface area (Å²) in [7, 11) is -3.74. The fourth-order valence-corrected chi connectivity index (χ4v) is 7.68. The highest BCUT2D eigenvalue weighted by Gasteiger charge is 2.36. The van der Waals surface area contributed by atoms with Crippen molar-refractivity contribution in [1.82, 2.24) is 10.2 Å². The second-order valence-corrected chi connectivity index (χ2v) is 13.6. The predicted molar refractivity (Wildman–Crippen MR) is 177 cm³/mol. The van der Waals surface area contributed by atoms with Crippen LogP contribution in [0.3, 0.4) is 0 Å². The molecule has 230 valence electrons. The van der Waals surface area contributed by atoms with Gasteiger partial charge < -0.3 is 10.2 Å². The number of hydrogen-bond donors (Lipinski definition) is 1. The minimum Gasteiger partial charge on any atom is -0.354 e. The molecule has 0 radical (unpaired) electrons. The number of hydrogen-bond acceptors (Lipinski definition) is 4. The number of amides is 2. The number of nitrogens with one attached hydrogen (secondary N) is 1. The molecule has 0 aromatic heterocycles. The molecule has 1 N–H and O–H groups in total. The molecule has 0 spiro atoms. The molecule has 5 rings (SSSR count). The van der Waals surface area contributed by atoms with E-state index in [4.69, 9.17) is 23.2 Å². The summed E-state index contributed by atoms with van der Waals surface area (Å²) in [5.74, 6) is -0.491. The van der Waals surface area contributed by atoms with Gasteiger partial charge in [-0.1, -0.05) is 97.2 Å². The highest BCUT2D eigenvalue weighted by molar-refractivity contribution is 7.93. The van der Waals surface area contributed by atoms with Gasteiger partial charge in [0.2, 0.25) is 11.8 Å². The Bertz CT molecular complexity index is 1760.